The monoisotopic (exact) mass is 325 g/mol. The summed E-state index contributed by atoms with van der Waals surface area (Å²) >= 11 is 3.28. The van der Waals surface area contributed by atoms with Crippen LogP contribution < -0.4 is 5.32 Å². The lowest BCUT2D eigenvalue weighted by Crippen LogP contribution is -2.26. The second-order valence-corrected chi connectivity index (χ2v) is 5.36. The van der Waals surface area contributed by atoms with Crippen molar-refractivity contribution in [3.05, 3.63) is 52.3 Å². The van der Waals surface area contributed by atoms with Crippen molar-refractivity contribution in [2.45, 2.75) is 19.4 Å². The zero-order valence-electron chi connectivity index (χ0n) is 11.0. The van der Waals surface area contributed by atoms with Gasteiger partial charge in [0.25, 0.3) is 0 Å². The molecular formula is C14H17BrFN3. The molecule has 102 valence electrons. The number of rotatable bonds is 5. The molecule has 0 bridgehead atoms. The minimum Gasteiger partial charge on any atom is -0.336 e. The molecule has 2 rings (SSSR count). The van der Waals surface area contributed by atoms with Crippen molar-refractivity contribution >= 4 is 15.9 Å². The number of nitrogens with zero attached hydrogens (tertiary/aromatic N) is 2. The molecule has 0 fully saturated rings. The maximum absolute atomic E-state index is 14.1. The second kappa shape index (κ2) is 6.30. The van der Waals surface area contributed by atoms with Gasteiger partial charge in [0.15, 0.2) is 0 Å². The highest BCUT2D eigenvalue weighted by molar-refractivity contribution is 9.10. The molecule has 3 nitrogen and oxygen atoms in total. The number of nitrogens with one attached hydrogen (secondary N) is 1. The fourth-order valence-electron chi connectivity index (χ4n) is 2.02. The first-order valence-corrected chi connectivity index (χ1v) is 7.08. The summed E-state index contributed by atoms with van der Waals surface area (Å²) in [6, 6.07) is 4.90. The quantitative estimate of drug-likeness (QED) is 0.912. The van der Waals surface area contributed by atoms with Crippen molar-refractivity contribution < 1.29 is 4.39 Å². The van der Waals surface area contributed by atoms with E-state index in [4.69, 9.17) is 0 Å². The number of aryl methyl sites for hydroxylation is 1. The molecule has 1 unspecified atom stereocenters. The predicted octanol–water partition coefficient (Wildman–Crippen LogP) is 3.41. The zero-order valence-corrected chi connectivity index (χ0v) is 12.6. The van der Waals surface area contributed by atoms with Crippen LogP contribution in [0.2, 0.25) is 0 Å². The Kier molecular flexibility index (Phi) is 4.71. The van der Waals surface area contributed by atoms with Gasteiger partial charge in [0, 0.05) is 29.5 Å². The summed E-state index contributed by atoms with van der Waals surface area (Å²) in [7, 11) is 1.92. The number of imidazole rings is 1. The minimum atomic E-state index is -0.231. The molecule has 0 aliphatic carbocycles. The Balaban J connectivity index is 2.40. The molecule has 0 aliphatic rings. The number of hydrogen-bond acceptors (Lipinski definition) is 2. The van der Waals surface area contributed by atoms with Gasteiger partial charge in [-0.3, -0.25) is 0 Å². The van der Waals surface area contributed by atoms with Crippen LogP contribution in [-0.2, 0) is 7.05 Å². The first-order valence-electron chi connectivity index (χ1n) is 6.29. The fraction of sp³-hybridized carbons (Fsp3) is 0.357. The van der Waals surface area contributed by atoms with E-state index in [1.54, 1.807) is 12.3 Å². The van der Waals surface area contributed by atoms with Gasteiger partial charge in [-0.1, -0.05) is 28.9 Å². The van der Waals surface area contributed by atoms with Crippen molar-refractivity contribution in [2.75, 3.05) is 6.54 Å². The third-order valence-electron chi connectivity index (χ3n) is 2.99. The molecule has 0 spiro atoms. The molecule has 1 N–H and O–H groups in total. The molecule has 5 heteroatoms. The lowest BCUT2D eigenvalue weighted by Gasteiger charge is -2.19. The Morgan fingerprint density at radius 1 is 1.47 bits per heavy atom. The lowest BCUT2D eigenvalue weighted by molar-refractivity contribution is 0.519. The van der Waals surface area contributed by atoms with Gasteiger partial charge in [-0.15, -0.1) is 0 Å². The number of halogens is 2. The Hall–Kier alpha value is -1.20. The van der Waals surface area contributed by atoms with Gasteiger partial charge in [-0.2, -0.15) is 0 Å². The van der Waals surface area contributed by atoms with Crippen molar-refractivity contribution in [3.63, 3.8) is 0 Å². The third kappa shape index (κ3) is 3.22. The third-order valence-corrected chi connectivity index (χ3v) is 3.48. The fourth-order valence-corrected chi connectivity index (χ4v) is 2.35. The van der Waals surface area contributed by atoms with E-state index in [1.807, 2.05) is 23.9 Å². The highest BCUT2D eigenvalue weighted by atomic mass is 79.9. The summed E-state index contributed by atoms with van der Waals surface area (Å²) < 4.78 is 16.8. The van der Waals surface area contributed by atoms with Crippen LogP contribution >= 0.6 is 15.9 Å². The van der Waals surface area contributed by atoms with Gasteiger partial charge >= 0.3 is 0 Å². The van der Waals surface area contributed by atoms with Gasteiger partial charge < -0.3 is 9.88 Å². The van der Waals surface area contributed by atoms with E-state index in [2.05, 4.69) is 33.2 Å². The molecular weight excluding hydrogens is 309 g/mol. The number of hydrogen-bond donors (Lipinski definition) is 1. The Morgan fingerprint density at radius 2 is 2.26 bits per heavy atom. The summed E-state index contributed by atoms with van der Waals surface area (Å²) in [4.78, 5) is 4.33. The summed E-state index contributed by atoms with van der Waals surface area (Å²) in [5.41, 5.74) is 0.617. The van der Waals surface area contributed by atoms with E-state index in [0.717, 1.165) is 23.3 Å². The van der Waals surface area contributed by atoms with Crippen LogP contribution in [0, 0.1) is 5.82 Å². The largest absolute Gasteiger partial charge is 0.336 e. The van der Waals surface area contributed by atoms with Gasteiger partial charge in [0.05, 0.1) is 6.04 Å². The van der Waals surface area contributed by atoms with Crippen LogP contribution in [0.25, 0.3) is 0 Å². The van der Waals surface area contributed by atoms with Crippen LogP contribution in [-0.4, -0.2) is 16.1 Å². The topological polar surface area (TPSA) is 29.9 Å². The number of benzene rings is 1. The normalized spacial score (nSPS) is 12.6. The molecule has 1 aromatic heterocycles. The van der Waals surface area contributed by atoms with E-state index in [-0.39, 0.29) is 11.9 Å². The number of aromatic nitrogens is 2. The van der Waals surface area contributed by atoms with Crippen molar-refractivity contribution in [3.8, 4) is 0 Å². The summed E-state index contributed by atoms with van der Waals surface area (Å²) in [6.07, 6.45) is 4.58. The molecule has 19 heavy (non-hydrogen) atoms. The summed E-state index contributed by atoms with van der Waals surface area (Å²) in [5, 5.41) is 3.35. The van der Waals surface area contributed by atoms with E-state index < -0.39 is 0 Å². The lowest BCUT2D eigenvalue weighted by atomic mass is 10.1. The Bertz CT molecular complexity index is 553. The van der Waals surface area contributed by atoms with Crippen LogP contribution in [0.3, 0.4) is 0 Å². The van der Waals surface area contributed by atoms with Crippen LogP contribution in [0.5, 0.6) is 0 Å². The Morgan fingerprint density at radius 3 is 2.84 bits per heavy atom. The van der Waals surface area contributed by atoms with Crippen LogP contribution in [0.4, 0.5) is 4.39 Å². The highest BCUT2D eigenvalue weighted by Gasteiger charge is 2.20. The maximum Gasteiger partial charge on any atom is 0.130 e. The highest BCUT2D eigenvalue weighted by Crippen LogP contribution is 2.25. The predicted molar refractivity (Wildman–Crippen MR) is 77.4 cm³/mol. The first-order chi connectivity index (χ1) is 9.13. The van der Waals surface area contributed by atoms with E-state index in [1.165, 1.54) is 6.07 Å². The smallest absolute Gasteiger partial charge is 0.130 e. The van der Waals surface area contributed by atoms with Crippen molar-refractivity contribution in [1.82, 2.24) is 14.9 Å². The van der Waals surface area contributed by atoms with Gasteiger partial charge in [0.2, 0.25) is 0 Å². The van der Waals surface area contributed by atoms with E-state index in [0.29, 0.717) is 5.56 Å². The average molecular weight is 326 g/mol. The second-order valence-electron chi connectivity index (χ2n) is 4.45. The average Bonchev–Trinajstić information content (AvgIpc) is 2.78. The minimum absolute atomic E-state index is 0.229. The van der Waals surface area contributed by atoms with Gasteiger partial charge in [0.1, 0.15) is 11.6 Å². The van der Waals surface area contributed by atoms with E-state index in [9.17, 15) is 4.39 Å². The van der Waals surface area contributed by atoms with Crippen molar-refractivity contribution in [2.24, 2.45) is 7.05 Å². The zero-order chi connectivity index (χ0) is 13.8. The van der Waals surface area contributed by atoms with Crippen molar-refractivity contribution in [1.29, 1.82) is 0 Å². The Labute approximate surface area is 121 Å². The van der Waals surface area contributed by atoms with Crippen LogP contribution in [0.15, 0.2) is 35.1 Å². The molecule has 0 aliphatic heterocycles. The first kappa shape index (κ1) is 14.2. The SMILES string of the molecule is CCCNC(c1ccc(Br)cc1F)c1nccn1C. The summed E-state index contributed by atoms with van der Waals surface area (Å²) in [5.74, 6) is 0.584. The summed E-state index contributed by atoms with van der Waals surface area (Å²) in [6.45, 7) is 2.90. The van der Waals surface area contributed by atoms with Gasteiger partial charge in [-0.05, 0) is 25.1 Å². The molecule has 0 saturated heterocycles. The molecule has 0 radical (unpaired) electrons. The van der Waals surface area contributed by atoms with Gasteiger partial charge in [-0.25, -0.2) is 9.37 Å². The maximum atomic E-state index is 14.1. The molecule has 1 aromatic carbocycles. The molecule has 0 saturated carbocycles. The van der Waals surface area contributed by atoms with Crippen LogP contribution in [0.1, 0.15) is 30.8 Å². The molecule has 1 heterocycles. The van der Waals surface area contributed by atoms with E-state index >= 15 is 0 Å². The molecule has 2 aromatic rings. The molecule has 0 amide bonds. The molecule has 1 atom stereocenters. The standard InChI is InChI=1S/C14H17BrFN3/c1-3-6-17-13(14-18-7-8-19(14)2)11-5-4-10(15)9-12(11)16/h4-5,7-9,13,17H,3,6H2,1-2H3.